The summed E-state index contributed by atoms with van der Waals surface area (Å²) in [7, 11) is 0. The molecule has 1 fully saturated rings. The summed E-state index contributed by atoms with van der Waals surface area (Å²) < 4.78 is 0. The van der Waals surface area contributed by atoms with Gasteiger partial charge in [-0.05, 0) is 30.5 Å². The number of hydrogen-bond donors (Lipinski definition) is 4. The molecule has 20 heavy (non-hydrogen) atoms. The Kier molecular flexibility index (Phi) is 3.45. The molecular formula is C14H18N4O2. The van der Waals surface area contributed by atoms with E-state index in [-0.39, 0.29) is 11.7 Å². The summed E-state index contributed by atoms with van der Waals surface area (Å²) in [5, 5.41) is 5.82. The van der Waals surface area contributed by atoms with Gasteiger partial charge in [0.1, 0.15) is 0 Å². The molecule has 6 nitrogen and oxygen atoms in total. The van der Waals surface area contributed by atoms with Crippen LogP contribution >= 0.6 is 0 Å². The van der Waals surface area contributed by atoms with Crippen molar-refractivity contribution in [2.24, 2.45) is 0 Å². The van der Waals surface area contributed by atoms with Crippen molar-refractivity contribution in [3.05, 3.63) is 34.2 Å². The number of urea groups is 1. The van der Waals surface area contributed by atoms with Crippen LogP contribution in [0.25, 0.3) is 11.0 Å². The fourth-order valence-electron chi connectivity index (χ4n) is 2.68. The van der Waals surface area contributed by atoms with E-state index in [9.17, 15) is 9.59 Å². The van der Waals surface area contributed by atoms with Crippen LogP contribution in [-0.2, 0) is 6.54 Å². The van der Waals surface area contributed by atoms with Crippen LogP contribution in [0.5, 0.6) is 0 Å². The summed E-state index contributed by atoms with van der Waals surface area (Å²) in [5.74, 6) is 0. The van der Waals surface area contributed by atoms with Gasteiger partial charge in [-0.25, -0.2) is 9.59 Å². The van der Waals surface area contributed by atoms with E-state index in [1.807, 2.05) is 18.2 Å². The van der Waals surface area contributed by atoms with E-state index < -0.39 is 0 Å². The highest BCUT2D eigenvalue weighted by Crippen LogP contribution is 2.17. The minimum Gasteiger partial charge on any atom is -0.335 e. The van der Waals surface area contributed by atoms with Crippen LogP contribution in [0.1, 0.15) is 31.2 Å². The predicted octanol–water partition coefficient (Wildman–Crippen LogP) is 1.60. The van der Waals surface area contributed by atoms with Gasteiger partial charge in [0.05, 0.1) is 11.0 Å². The maximum atomic E-state index is 11.8. The zero-order valence-electron chi connectivity index (χ0n) is 11.2. The second kappa shape index (κ2) is 5.40. The topological polar surface area (TPSA) is 89.8 Å². The molecule has 4 N–H and O–H groups in total. The van der Waals surface area contributed by atoms with E-state index in [1.54, 1.807) is 0 Å². The van der Waals surface area contributed by atoms with Crippen molar-refractivity contribution >= 4 is 17.1 Å². The van der Waals surface area contributed by atoms with Crippen molar-refractivity contribution in [2.45, 2.75) is 38.3 Å². The van der Waals surface area contributed by atoms with Gasteiger partial charge >= 0.3 is 11.7 Å². The molecule has 1 heterocycles. The number of benzene rings is 1. The molecule has 3 rings (SSSR count). The highest BCUT2D eigenvalue weighted by molar-refractivity contribution is 5.76. The van der Waals surface area contributed by atoms with Crippen LogP contribution < -0.4 is 16.3 Å². The molecule has 0 aliphatic heterocycles. The molecule has 6 heteroatoms. The number of hydrogen-bond acceptors (Lipinski definition) is 2. The van der Waals surface area contributed by atoms with E-state index >= 15 is 0 Å². The van der Waals surface area contributed by atoms with Gasteiger partial charge in [0, 0.05) is 12.6 Å². The zero-order valence-corrected chi connectivity index (χ0v) is 11.2. The Morgan fingerprint density at radius 2 is 1.95 bits per heavy atom. The fourth-order valence-corrected chi connectivity index (χ4v) is 2.68. The van der Waals surface area contributed by atoms with Crippen LogP contribution in [-0.4, -0.2) is 22.0 Å². The minimum atomic E-state index is -0.218. The lowest BCUT2D eigenvalue weighted by Crippen LogP contribution is -2.40. The lowest BCUT2D eigenvalue weighted by Gasteiger charge is -2.12. The lowest BCUT2D eigenvalue weighted by atomic mass is 10.2. The van der Waals surface area contributed by atoms with Crippen LogP contribution in [0.2, 0.25) is 0 Å². The number of rotatable bonds is 3. The first kappa shape index (κ1) is 12.8. The van der Waals surface area contributed by atoms with Crippen LogP contribution in [0, 0.1) is 0 Å². The number of carbonyl (C=O) groups excluding carboxylic acids is 1. The van der Waals surface area contributed by atoms with Crippen molar-refractivity contribution in [3.8, 4) is 0 Å². The number of amides is 2. The Balaban J connectivity index is 1.58. The third-order valence-electron chi connectivity index (χ3n) is 3.72. The first-order valence-corrected chi connectivity index (χ1v) is 6.96. The maximum Gasteiger partial charge on any atom is 0.323 e. The van der Waals surface area contributed by atoms with Crippen molar-refractivity contribution < 1.29 is 4.79 Å². The maximum absolute atomic E-state index is 11.8. The molecule has 1 saturated carbocycles. The van der Waals surface area contributed by atoms with E-state index in [1.165, 1.54) is 12.8 Å². The molecule has 1 aromatic heterocycles. The summed E-state index contributed by atoms with van der Waals surface area (Å²) in [5.41, 5.74) is 2.26. The SMILES string of the molecule is O=C(NCc1ccc2[nH]c(=O)[nH]c2c1)NC1CCCC1. The molecule has 0 saturated heterocycles. The monoisotopic (exact) mass is 274 g/mol. The lowest BCUT2D eigenvalue weighted by molar-refractivity contribution is 0.236. The number of fused-ring (bicyclic) bond motifs is 1. The zero-order chi connectivity index (χ0) is 13.9. The molecule has 1 aliphatic carbocycles. The first-order valence-electron chi connectivity index (χ1n) is 6.96. The van der Waals surface area contributed by atoms with E-state index in [0.29, 0.717) is 12.6 Å². The summed E-state index contributed by atoms with van der Waals surface area (Å²) in [4.78, 5) is 28.3. The first-order chi connectivity index (χ1) is 9.70. The Morgan fingerprint density at radius 3 is 2.75 bits per heavy atom. The third-order valence-corrected chi connectivity index (χ3v) is 3.72. The van der Waals surface area contributed by atoms with Gasteiger partial charge in [-0.2, -0.15) is 0 Å². The smallest absolute Gasteiger partial charge is 0.323 e. The Bertz CT molecular complexity index is 667. The Hall–Kier alpha value is -2.24. The molecule has 0 spiro atoms. The fraction of sp³-hybridized carbons (Fsp3) is 0.429. The third kappa shape index (κ3) is 2.84. The molecule has 0 atom stereocenters. The molecule has 0 bridgehead atoms. The molecule has 2 amide bonds. The minimum absolute atomic E-state index is 0.125. The normalized spacial score (nSPS) is 15.6. The van der Waals surface area contributed by atoms with Gasteiger partial charge in [-0.3, -0.25) is 0 Å². The average Bonchev–Trinajstić information content (AvgIpc) is 3.04. The van der Waals surface area contributed by atoms with Gasteiger partial charge in [0.2, 0.25) is 0 Å². The highest BCUT2D eigenvalue weighted by Gasteiger charge is 2.16. The quantitative estimate of drug-likeness (QED) is 0.684. The highest BCUT2D eigenvalue weighted by atomic mass is 16.2. The Morgan fingerprint density at radius 1 is 1.20 bits per heavy atom. The number of aromatic amines is 2. The second-order valence-corrected chi connectivity index (χ2v) is 5.27. The summed E-state index contributed by atoms with van der Waals surface area (Å²) >= 11 is 0. The molecule has 1 aromatic carbocycles. The van der Waals surface area contributed by atoms with Gasteiger partial charge in [0.15, 0.2) is 0 Å². The number of imidazole rings is 1. The summed E-state index contributed by atoms with van der Waals surface area (Å²) in [6, 6.07) is 5.78. The molecule has 1 aliphatic rings. The number of aromatic nitrogens is 2. The molecular weight excluding hydrogens is 256 g/mol. The van der Waals surface area contributed by atoms with E-state index in [4.69, 9.17) is 0 Å². The standard InChI is InChI=1S/C14H18N4O2/c19-13(16-10-3-1-2-4-10)15-8-9-5-6-11-12(7-9)18-14(20)17-11/h5-7,10H,1-4,8H2,(H2,15,16,19)(H2,17,18,20). The van der Waals surface area contributed by atoms with Crippen LogP contribution in [0.3, 0.4) is 0 Å². The molecule has 0 unspecified atom stereocenters. The van der Waals surface area contributed by atoms with Gasteiger partial charge in [-0.15, -0.1) is 0 Å². The van der Waals surface area contributed by atoms with Gasteiger partial charge < -0.3 is 20.6 Å². The summed E-state index contributed by atoms with van der Waals surface area (Å²) in [6.07, 6.45) is 4.54. The van der Waals surface area contributed by atoms with Gasteiger partial charge in [0.25, 0.3) is 0 Å². The number of carbonyl (C=O) groups is 1. The number of H-pyrrole nitrogens is 2. The van der Waals surface area contributed by atoms with Crippen molar-refractivity contribution in [1.82, 2.24) is 20.6 Å². The van der Waals surface area contributed by atoms with Crippen LogP contribution in [0.4, 0.5) is 4.79 Å². The number of nitrogens with one attached hydrogen (secondary N) is 4. The van der Waals surface area contributed by atoms with Gasteiger partial charge in [-0.1, -0.05) is 18.9 Å². The van der Waals surface area contributed by atoms with Crippen LogP contribution in [0.15, 0.2) is 23.0 Å². The largest absolute Gasteiger partial charge is 0.335 e. The second-order valence-electron chi connectivity index (χ2n) is 5.27. The van der Waals surface area contributed by atoms with Crippen molar-refractivity contribution in [1.29, 1.82) is 0 Å². The summed E-state index contributed by atoms with van der Waals surface area (Å²) in [6.45, 7) is 0.446. The molecule has 2 aromatic rings. The predicted molar refractivity (Wildman–Crippen MR) is 76.5 cm³/mol. The van der Waals surface area contributed by atoms with E-state index in [2.05, 4.69) is 20.6 Å². The van der Waals surface area contributed by atoms with E-state index in [0.717, 1.165) is 29.4 Å². The Labute approximate surface area is 116 Å². The molecule has 106 valence electrons. The molecule has 0 radical (unpaired) electrons. The average molecular weight is 274 g/mol. The van der Waals surface area contributed by atoms with Crippen molar-refractivity contribution in [2.75, 3.05) is 0 Å². The van der Waals surface area contributed by atoms with Crippen molar-refractivity contribution in [3.63, 3.8) is 0 Å².